The Balaban J connectivity index is 2.25. The Kier molecular flexibility index (Phi) is 3.34. The molecule has 11 heavy (non-hydrogen) atoms. The fraction of sp³-hybridized carbons (Fsp3) is 1.00. The van der Waals surface area contributed by atoms with Crippen molar-refractivity contribution in [1.29, 1.82) is 0 Å². The third kappa shape index (κ3) is 2.80. The summed E-state index contributed by atoms with van der Waals surface area (Å²) in [5.74, 6) is 0. The molecule has 2 heteroatoms. The Labute approximate surface area is 69.3 Å². The molecule has 0 saturated heterocycles. The van der Waals surface area contributed by atoms with Crippen LogP contribution in [0.2, 0.25) is 0 Å². The lowest BCUT2D eigenvalue weighted by Gasteiger charge is -2.32. The van der Waals surface area contributed by atoms with Gasteiger partial charge in [-0.1, -0.05) is 26.2 Å². The Morgan fingerprint density at radius 3 is 2.45 bits per heavy atom. The molecule has 0 spiro atoms. The van der Waals surface area contributed by atoms with Crippen molar-refractivity contribution in [2.24, 2.45) is 5.41 Å². The average molecular weight is 157 g/mol. The van der Waals surface area contributed by atoms with Crippen LogP contribution in [0.1, 0.15) is 39.0 Å². The molecule has 1 aliphatic carbocycles. The number of rotatable bonds is 3. The van der Waals surface area contributed by atoms with Crippen LogP contribution in [-0.4, -0.2) is 13.7 Å². The number of hydrogen-bond donors (Lipinski definition) is 1. The van der Waals surface area contributed by atoms with Crippen LogP contribution >= 0.6 is 0 Å². The summed E-state index contributed by atoms with van der Waals surface area (Å²) < 4.78 is 0. The first-order valence-electron chi connectivity index (χ1n) is 4.55. The molecule has 1 fully saturated rings. The summed E-state index contributed by atoms with van der Waals surface area (Å²) in [6.07, 6.45) is 6.83. The maximum Gasteiger partial charge on any atom is 0.0735 e. The largest absolute Gasteiger partial charge is 0.302 e. The zero-order chi connectivity index (χ0) is 8.16. The monoisotopic (exact) mass is 157 g/mol. The van der Waals surface area contributed by atoms with Crippen molar-refractivity contribution in [3.05, 3.63) is 0 Å². The topological polar surface area (TPSA) is 21.3 Å². The van der Waals surface area contributed by atoms with Gasteiger partial charge in [0.05, 0.1) is 6.61 Å². The zero-order valence-electron chi connectivity index (χ0n) is 7.65. The van der Waals surface area contributed by atoms with Gasteiger partial charge >= 0.3 is 0 Å². The molecule has 0 aliphatic heterocycles. The molecule has 66 valence electrons. The van der Waals surface area contributed by atoms with Crippen molar-refractivity contribution in [2.75, 3.05) is 13.7 Å². The van der Waals surface area contributed by atoms with E-state index in [-0.39, 0.29) is 0 Å². The van der Waals surface area contributed by atoms with E-state index in [1.165, 1.54) is 32.1 Å². The van der Waals surface area contributed by atoms with E-state index in [2.05, 4.69) is 12.4 Å². The van der Waals surface area contributed by atoms with Crippen LogP contribution in [0, 0.1) is 5.41 Å². The SMILES string of the molecule is CNOCC1(C)CCCCC1. The number of hydroxylamine groups is 1. The number of hydrogen-bond acceptors (Lipinski definition) is 2. The van der Waals surface area contributed by atoms with Gasteiger partial charge in [0.25, 0.3) is 0 Å². The second-order valence-corrected chi connectivity index (χ2v) is 3.86. The second-order valence-electron chi connectivity index (χ2n) is 3.86. The Morgan fingerprint density at radius 1 is 1.27 bits per heavy atom. The summed E-state index contributed by atoms with van der Waals surface area (Å²) in [6, 6.07) is 0. The predicted molar refractivity (Wildman–Crippen MR) is 46.2 cm³/mol. The molecular formula is C9H19NO. The summed E-state index contributed by atoms with van der Waals surface area (Å²) in [5, 5.41) is 0. The third-order valence-corrected chi connectivity index (χ3v) is 2.63. The van der Waals surface area contributed by atoms with Gasteiger partial charge in [0.1, 0.15) is 0 Å². The molecule has 0 atom stereocenters. The molecule has 0 aromatic carbocycles. The smallest absolute Gasteiger partial charge is 0.0735 e. The summed E-state index contributed by atoms with van der Waals surface area (Å²) >= 11 is 0. The van der Waals surface area contributed by atoms with E-state index in [4.69, 9.17) is 4.84 Å². The molecule has 0 heterocycles. The Hall–Kier alpha value is -0.0800. The summed E-state index contributed by atoms with van der Waals surface area (Å²) in [5.41, 5.74) is 3.19. The van der Waals surface area contributed by atoms with E-state index in [9.17, 15) is 0 Å². The minimum atomic E-state index is 0.446. The van der Waals surface area contributed by atoms with E-state index in [0.717, 1.165) is 6.61 Å². The van der Waals surface area contributed by atoms with Crippen LogP contribution in [0.15, 0.2) is 0 Å². The van der Waals surface area contributed by atoms with E-state index in [1.807, 2.05) is 7.05 Å². The highest BCUT2D eigenvalue weighted by Gasteiger charge is 2.26. The van der Waals surface area contributed by atoms with Crippen LogP contribution in [0.4, 0.5) is 0 Å². The van der Waals surface area contributed by atoms with Crippen molar-refractivity contribution >= 4 is 0 Å². The van der Waals surface area contributed by atoms with E-state index in [1.54, 1.807) is 0 Å². The van der Waals surface area contributed by atoms with Crippen LogP contribution in [0.5, 0.6) is 0 Å². The zero-order valence-corrected chi connectivity index (χ0v) is 7.65. The highest BCUT2D eigenvalue weighted by atomic mass is 16.6. The van der Waals surface area contributed by atoms with Gasteiger partial charge in [-0.3, -0.25) is 0 Å². The summed E-state index contributed by atoms with van der Waals surface area (Å²) in [7, 11) is 1.83. The molecule has 0 amide bonds. The van der Waals surface area contributed by atoms with Gasteiger partial charge < -0.3 is 4.84 Å². The van der Waals surface area contributed by atoms with Gasteiger partial charge in [0.2, 0.25) is 0 Å². The van der Waals surface area contributed by atoms with Crippen molar-refractivity contribution in [1.82, 2.24) is 5.48 Å². The van der Waals surface area contributed by atoms with E-state index in [0.29, 0.717) is 5.41 Å². The van der Waals surface area contributed by atoms with Crippen LogP contribution in [-0.2, 0) is 4.84 Å². The third-order valence-electron chi connectivity index (χ3n) is 2.63. The standard InChI is InChI=1S/C9H19NO/c1-9(8-11-10-2)6-4-3-5-7-9/h10H,3-8H2,1-2H3. The van der Waals surface area contributed by atoms with Crippen molar-refractivity contribution in [2.45, 2.75) is 39.0 Å². The second kappa shape index (κ2) is 4.07. The fourth-order valence-electron chi connectivity index (χ4n) is 1.80. The average Bonchev–Trinajstić information content (AvgIpc) is 2.03. The van der Waals surface area contributed by atoms with Gasteiger partial charge in [-0.15, -0.1) is 0 Å². The van der Waals surface area contributed by atoms with Crippen molar-refractivity contribution in [3.63, 3.8) is 0 Å². The normalized spacial score (nSPS) is 23.5. The van der Waals surface area contributed by atoms with E-state index >= 15 is 0 Å². The van der Waals surface area contributed by atoms with Gasteiger partial charge in [-0.05, 0) is 18.3 Å². The molecule has 2 nitrogen and oxygen atoms in total. The molecule has 0 aromatic heterocycles. The first-order valence-corrected chi connectivity index (χ1v) is 4.55. The van der Waals surface area contributed by atoms with Crippen LogP contribution in [0.25, 0.3) is 0 Å². The lowest BCUT2D eigenvalue weighted by atomic mass is 9.76. The fourth-order valence-corrected chi connectivity index (χ4v) is 1.80. The number of nitrogens with one attached hydrogen (secondary N) is 1. The molecule has 0 aromatic rings. The first-order chi connectivity index (χ1) is 5.27. The molecule has 0 bridgehead atoms. The lowest BCUT2D eigenvalue weighted by Crippen LogP contribution is -2.28. The predicted octanol–water partition coefficient (Wildman–Crippen LogP) is 2.11. The summed E-state index contributed by atoms with van der Waals surface area (Å²) in [6.45, 7) is 3.19. The molecule has 0 radical (unpaired) electrons. The minimum absolute atomic E-state index is 0.446. The first kappa shape index (κ1) is 9.01. The molecule has 1 N–H and O–H groups in total. The quantitative estimate of drug-likeness (QED) is 0.633. The van der Waals surface area contributed by atoms with Crippen LogP contribution in [0.3, 0.4) is 0 Å². The maximum atomic E-state index is 5.23. The van der Waals surface area contributed by atoms with Crippen molar-refractivity contribution in [3.8, 4) is 0 Å². The minimum Gasteiger partial charge on any atom is -0.302 e. The Bertz CT molecular complexity index is 108. The van der Waals surface area contributed by atoms with Crippen molar-refractivity contribution < 1.29 is 4.84 Å². The molecule has 1 aliphatic rings. The lowest BCUT2D eigenvalue weighted by molar-refractivity contribution is -0.0174. The Morgan fingerprint density at radius 2 is 1.91 bits per heavy atom. The molecule has 0 unspecified atom stereocenters. The highest BCUT2D eigenvalue weighted by molar-refractivity contribution is 4.77. The van der Waals surface area contributed by atoms with Gasteiger partial charge in [-0.2, -0.15) is 0 Å². The molecular weight excluding hydrogens is 138 g/mol. The highest BCUT2D eigenvalue weighted by Crippen LogP contribution is 2.35. The molecule has 1 saturated carbocycles. The van der Waals surface area contributed by atoms with Gasteiger partial charge in [0, 0.05) is 7.05 Å². The summed E-state index contributed by atoms with van der Waals surface area (Å²) in [4.78, 5) is 5.23. The van der Waals surface area contributed by atoms with Gasteiger partial charge in [-0.25, -0.2) is 5.48 Å². The maximum absolute atomic E-state index is 5.23. The molecule has 1 rings (SSSR count). The van der Waals surface area contributed by atoms with Gasteiger partial charge in [0.15, 0.2) is 0 Å². The van der Waals surface area contributed by atoms with E-state index < -0.39 is 0 Å². The van der Waals surface area contributed by atoms with Crippen LogP contribution < -0.4 is 5.48 Å².